The van der Waals surface area contributed by atoms with Crippen LogP contribution in [0.3, 0.4) is 0 Å². The Morgan fingerprint density at radius 1 is 1.26 bits per heavy atom. The molecule has 0 radical (unpaired) electrons. The molecule has 2 rings (SSSR count). The van der Waals surface area contributed by atoms with Gasteiger partial charge in [0.25, 0.3) is 0 Å². The first kappa shape index (κ1) is 14.8. The minimum Gasteiger partial charge on any atom is -0.481 e. The number of hydrogen-bond acceptors (Lipinski definition) is 3. The van der Waals surface area contributed by atoms with Crippen LogP contribution in [0, 0.1) is 5.92 Å². The van der Waals surface area contributed by atoms with Crippen LogP contribution < -0.4 is 0 Å². The molecule has 2 aliphatic rings. The zero-order valence-corrected chi connectivity index (χ0v) is 12.0. The van der Waals surface area contributed by atoms with E-state index in [1.54, 1.807) is 0 Å². The van der Waals surface area contributed by atoms with E-state index >= 15 is 0 Å². The van der Waals surface area contributed by atoms with E-state index < -0.39 is 5.97 Å². The Kier molecular flexibility index (Phi) is 5.64. The van der Waals surface area contributed by atoms with Gasteiger partial charge >= 0.3 is 5.97 Å². The number of ether oxygens (including phenoxy) is 1. The van der Waals surface area contributed by atoms with Crippen LogP contribution in [0.2, 0.25) is 0 Å². The highest BCUT2D eigenvalue weighted by Gasteiger charge is 2.27. The second kappa shape index (κ2) is 7.25. The number of carboxylic acid groups (broad SMARTS) is 1. The van der Waals surface area contributed by atoms with Gasteiger partial charge in [-0.3, -0.25) is 9.69 Å². The Hall–Kier alpha value is -0.610. The lowest BCUT2D eigenvalue weighted by atomic mass is 9.86. The Morgan fingerprint density at radius 3 is 2.58 bits per heavy atom. The molecule has 0 bridgehead atoms. The van der Waals surface area contributed by atoms with Gasteiger partial charge < -0.3 is 9.84 Å². The maximum absolute atomic E-state index is 10.8. The van der Waals surface area contributed by atoms with Crippen LogP contribution in [0.15, 0.2) is 0 Å². The van der Waals surface area contributed by atoms with Crippen molar-refractivity contribution in [1.82, 2.24) is 4.90 Å². The van der Waals surface area contributed by atoms with Crippen molar-refractivity contribution in [1.29, 1.82) is 0 Å². The van der Waals surface area contributed by atoms with E-state index in [4.69, 9.17) is 9.84 Å². The predicted molar refractivity (Wildman–Crippen MR) is 74.2 cm³/mol. The second-order valence-corrected chi connectivity index (χ2v) is 6.19. The summed E-state index contributed by atoms with van der Waals surface area (Å²) >= 11 is 0. The van der Waals surface area contributed by atoms with E-state index in [1.807, 2.05) is 0 Å². The second-order valence-electron chi connectivity index (χ2n) is 6.19. The topological polar surface area (TPSA) is 49.8 Å². The van der Waals surface area contributed by atoms with Gasteiger partial charge in [-0.2, -0.15) is 0 Å². The largest absolute Gasteiger partial charge is 0.481 e. The van der Waals surface area contributed by atoms with Crippen LogP contribution in [-0.4, -0.2) is 47.8 Å². The zero-order chi connectivity index (χ0) is 13.7. The van der Waals surface area contributed by atoms with Crippen LogP contribution in [0.5, 0.6) is 0 Å². The van der Waals surface area contributed by atoms with E-state index in [2.05, 4.69) is 11.8 Å². The molecule has 1 aliphatic carbocycles. The minimum atomic E-state index is -0.693. The standard InChI is InChI=1S/C15H27NO3/c1-12-4-6-13(7-5-12)16(9-8-15(17)18)11-14-3-2-10-19-14/h12-14H,2-11H2,1H3,(H,17,18). The van der Waals surface area contributed by atoms with Crippen LogP contribution in [0.1, 0.15) is 51.9 Å². The first-order valence-corrected chi connectivity index (χ1v) is 7.72. The van der Waals surface area contributed by atoms with Crippen LogP contribution in [0.4, 0.5) is 0 Å². The minimum absolute atomic E-state index is 0.249. The molecule has 0 aromatic carbocycles. The predicted octanol–water partition coefficient (Wildman–Crippen LogP) is 2.52. The summed E-state index contributed by atoms with van der Waals surface area (Å²) in [6.45, 7) is 4.79. The molecule has 0 aromatic heterocycles. The van der Waals surface area contributed by atoms with Gasteiger partial charge in [0.1, 0.15) is 0 Å². The SMILES string of the molecule is CC1CCC(N(CCC(=O)O)CC2CCCO2)CC1. The summed E-state index contributed by atoms with van der Waals surface area (Å²) in [4.78, 5) is 13.2. The number of aliphatic carboxylic acids is 1. The van der Waals surface area contributed by atoms with E-state index in [1.165, 1.54) is 25.7 Å². The third-order valence-corrected chi connectivity index (χ3v) is 4.58. The third-order valence-electron chi connectivity index (χ3n) is 4.58. The third kappa shape index (κ3) is 4.77. The highest BCUT2D eigenvalue weighted by atomic mass is 16.5. The number of carbonyl (C=O) groups is 1. The van der Waals surface area contributed by atoms with Gasteiger partial charge in [0.05, 0.1) is 12.5 Å². The van der Waals surface area contributed by atoms with Gasteiger partial charge in [-0.25, -0.2) is 0 Å². The molecule has 0 amide bonds. The summed E-state index contributed by atoms with van der Waals surface area (Å²) < 4.78 is 5.71. The molecule has 0 aromatic rings. The summed E-state index contributed by atoms with van der Waals surface area (Å²) in [6.07, 6.45) is 7.85. The van der Waals surface area contributed by atoms with Crippen LogP contribution in [-0.2, 0) is 9.53 Å². The van der Waals surface area contributed by atoms with Crippen LogP contribution in [0.25, 0.3) is 0 Å². The average Bonchev–Trinajstić information content (AvgIpc) is 2.88. The first-order valence-electron chi connectivity index (χ1n) is 7.72. The smallest absolute Gasteiger partial charge is 0.304 e. The lowest BCUT2D eigenvalue weighted by Crippen LogP contribution is -2.43. The maximum Gasteiger partial charge on any atom is 0.304 e. The summed E-state index contributed by atoms with van der Waals surface area (Å²) in [7, 11) is 0. The molecule has 1 saturated carbocycles. The highest BCUT2D eigenvalue weighted by molar-refractivity contribution is 5.66. The Morgan fingerprint density at radius 2 is 2.00 bits per heavy atom. The van der Waals surface area contributed by atoms with E-state index in [-0.39, 0.29) is 6.42 Å². The Balaban J connectivity index is 1.86. The van der Waals surface area contributed by atoms with E-state index in [0.29, 0.717) is 18.7 Å². The lowest BCUT2D eigenvalue weighted by Gasteiger charge is -2.37. The van der Waals surface area contributed by atoms with Gasteiger partial charge in [-0.1, -0.05) is 6.92 Å². The summed E-state index contributed by atoms with van der Waals surface area (Å²) in [5.74, 6) is 0.141. The van der Waals surface area contributed by atoms with Crippen molar-refractivity contribution in [3.05, 3.63) is 0 Å². The fraction of sp³-hybridized carbons (Fsp3) is 0.933. The van der Waals surface area contributed by atoms with Crippen molar-refractivity contribution in [3.63, 3.8) is 0 Å². The molecule has 0 spiro atoms. The summed E-state index contributed by atoms with van der Waals surface area (Å²) in [5, 5.41) is 8.91. The molecule has 1 heterocycles. The Labute approximate surface area is 116 Å². The monoisotopic (exact) mass is 269 g/mol. The zero-order valence-electron chi connectivity index (χ0n) is 12.0. The highest BCUT2D eigenvalue weighted by Crippen LogP contribution is 2.28. The molecule has 2 fully saturated rings. The number of hydrogen-bond donors (Lipinski definition) is 1. The molecular weight excluding hydrogens is 242 g/mol. The molecule has 4 nitrogen and oxygen atoms in total. The quantitative estimate of drug-likeness (QED) is 0.805. The molecule has 1 unspecified atom stereocenters. The average molecular weight is 269 g/mol. The van der Waals surface area contributed by atoms with Crippen molar-refractivity contribution < 1.29 is 14.6 Å². The normalized spacial score (nSPS) is 31.8. The van der Waals surface area contributed by atoms with Crippen molar-refractivity contribution in [2.45, 2.75) is 64.0 Å². The number of nitrogens with zero attached hydrogens (tertiary/aromatic N) is 1. The summed E-state index contributed by atoms with van der Waals surface area (Å²) in [5.41, 5.74) is 0. The molecule has 1 N–H and O–H groups in total. The molecule has 4 heteroatoms. The first-order chi connectivity index (χ1) is 9.15. The van der Waals surface area contributed by atoms with Crippen molar-refractivity contribution in [2.24, 2.45) is 5.92 Å². The van der Waals surface area contributed by atoms with Crippen molar-refractivity contribution >= 4 is 5.97 Å². The molecule has 1 atom stereocenters. The van der Waals surface area contributed by atoms with Gasteiger partial charge in [0, 0.05) is 25.7 Å². The molecule has 19 heavy (non-hydrogen) atoms. The van der Waals surface area contributed by atoms with E-state index in [9.17, 15) is 4.79 Å². The molecule has 1 saturated heterocycles. The summed E-state index contributed by atoms with van der Waals surface area (Å²) in [6, 6.07) is 0.569. The lowest BCUT2D eigenvalue weighted by molar-refractivity contribution is -0.137. The van der Waals surface area contributed by atoms with Crippen LogP contribution >= 0.6 is 0 Å². The van der Waals surface area contributed by atoms with Crippen molar-refractivity contribution in [2.75, 3.05) is 19.7 Å². The number of carboxylic acids is 1. The van der Waals surface area contributed by atoms with Gasteiger partial charge in [-0.05, 0) is 44.4 Å². The molecule has 110 valence electrons. The van der Waals surface area contributed by atoms with Gasteiger partial charge in [0.2, 0.25) is 0 Å². The fourth-order valence-electron chi connectivity index (χ4n) is 3.32. The maximum atomic E-state index is 10.8. The van der Waals surface area contributed by atoms with Gasteiger partial charge in [-0.15, -0.1) is 0 Å². The Bertz CT molecular complexity index is 281. The number of rotatable bonds is 6. The molecular formula is C15H27NO3. The molecule has 1 aliphatic heterocycles. The van der Waals surface area contributed by atoms with Crippen molar-refractivity contribution in [3.8, 4) is 0 Å². The van der Waals surface area contributed by atoms with E-state index in [0.717, 1.165) is 31.9 Å². The van der Waals surface area contributed by atoms with Gasteiger partial charge in [0.15, 0.2) is 0 Å². The fourth-order valence-corrected chi connectivity index (χ4v) is 3.32.